The first-order valence-electron chi connectivity index (χ1n) is 5.30. The molecule has 0 aromatic carbocycles. The molecule has 3 heterocycles. The summed E-state index contributed by atoms with van der Waals surface area (Å²) in [4.78, 5) is 16.4. The van der Waals surface area contributed by atoms with E-state index in [1.165, 1.54) is 6.20 Å². The fourth-order valence-electron chi connectivity index (χ4n) is 2.86. The fraction of sp³-hybridized carbons (Fsp3) is 0.333. The quantitative estimate of drug-likeness (QED) is 0.533. The van der Waals surface area contributed by atoms with Gasteiger partial charge in [0.1, 0.15) is 0 Å². The number of halogens is 1. The Morgan fingerprint density at radius 2 is 2.25 bits per heavy atom. The summed E-state index contributed by atoms with van der Waals surface area (Å²) in [5, 5.41) is 0. The maximum absolute atomic E-state index is 13.6. The summed E-state index contributed by atoms with van der Waals surface area (Å²) < 4.78 is 13.6. The van der Waals surface area contributed by atoms with Gasteiger partial charge in [0, 0.05) is 11.8 Å². The summed E-state index contributed by atoms with van der Waals surface area (Å²) in [6, 6.07) is 1.74. The molecule has 0 saturated carbocycles. The molecule has 0 spiro atoms. The van der Waals surface area contributed by atoms with Crippen LogP contribution in [0.25, 0.3) is 5.57 Å². The van der Waals surface area contributed by atoms with Gasteiger partial charge in [-0.1, -0.05) is 6.58 Å². The zero-order valence-electron chi connectivity index (χ0n) is 8.69. The number of hydrogen-bond acceptors (Lipinski definition) is 2. The van der Waals surface area contributed by atoms with Crippen LogP contribution in [0.4, 0.5) is 4.39 Å². The minimum atomic E-state index is -0.468. The largest absolute Gasteiger partial charge is 0.331 e. The summed E-state index contributed by atoms with van der Waals surface area (Å²) >= 11 is 0. The molecule has 1 amide bonds. The van der Waals surface area contributed by atoms with Crippen LogP contribution in [0, 0.1) is 5.95 Å². The smallest absolute Gasteiger partial charge is 0.220 e. The minimum absolute atomic E-state index is 0.000463. The molecule has 16 heavy (non-hydrogen) atoms. The zero-order valence-corrected chi connectivity index (χ0v) is 8.69. The molecule has 1 aromatic heterocycles. The first-order valence-corrected chi connectivity index (χ1v) is 5.30. The molecule has 2 aliphatic rings. The third-order valence-corrected chi connectivity index (χ3v) is 3.57. The van der Waals surface area contributed by atoms with Gasteiger partial charge in [-0.05, 0) is 30.0 Å². The van der Waals surface area contributed by atoms with Gasteiger partial charge in [0.25, 0.3) is 0 Å². The van der Waals surface area contributed by atoms with E-state index in [1.54, 1.807) is 11.0 Å². The van der Waals surface area contributed by atoms with E-state index < -0.39 is 5.95 Å². The maximum atomic E-state index is 13.6. The van der Waals surface area contributed by atoms with Crippen molar-refractivity contribution in [3.8, 4) is 0 Å². The Balaban J connectivity index is 2.24. The molecule has 0 radical (unpaired) electrons. The third-order valence-electron chi connectivity index (χ3n) is 3.57. The Morgan fingerprint density at radius 3 is 3.00 bits per heavy atom. The molecule has 4 heteroatoms. The molecule has 0 aliphatic carbocycles. The minimum Gasteiger partial charge on any atom is -0.331 e. The Hall–Kier alpha value is -1.71. The topological polar surface area (TPSA) is 33.2 Å². The van der Waals surface area contributed by atoms with Gasteiger partial charge < -0.3 is 4.90 Å². The van der Waals surface area contributed by atoms with Gasteiger partial charge >= 0.3 is 0 Å². The number of amides is 1. The van der Waals surface area contributed by atoms with Gasteiger partial charge in [-0.3, -0.25) is 4.79 Å². The van der Waals surface area contributed by atoms with Crippen molar-refractivity contribution in [2.45, 2.75) is 24.9 Å². The fourth-order valence-corrected chi connectivity index (χ4v) is 2.86. The second kappa shape index (κ2) is 3.14. The third kappa shape index (κ3) is 1.01. The molecule has 0 N–H and O–H groups in total. The maximum Gasteiger partial charge on any atom is 0.220 e. The molecule has 2 unspecified atom stereocenters. The van der Waals surface area contributed by atoms with Crippen LogP contribution in [0.1, 0.15) is 30.0 Å². The van der Waals surface area contributed by atoms with E-state index in [0.717, 1.165) is 24.8 Å². The lowest BCUT2D eigenvalue weighted by atomic mass is 9.91. The van der Waals surface area contributed by atoms with Gasteiger partial charge in [0.15, 0.2) is 0 Å². The Kier molecular flexibility index (Phi) is 1.87. The number of fused-ring (bicyclic) bond motifs is 4. The Labute approximate surface area is 92.6 Å². The zero-order chi connectivity index (χ0) is 11.3. The second-order valence-corrected chi connectivity index (χ2v) is 4.25. The molecule has 1 fully saturated rings. The molecule has 1 aromatic rings. The van der Waals surface area contributed by atoms with E-state index in [2.05, 4.69) is 11.6 Å². The van der Waals surface area contributed by atoms with Crippen LogP contribution in [0.3, 0.4) is 0 Å². The van der Waals surface area contributed by atoms with Crippen LogP contribution >= 0.6 is 0 Å². The molecular formula is C12H11FN2O. The summed E-state index contributed by atoms with van der Waals surface area (Å²) in [5.74, 6) is -0.468. The number of hydrogen-bond donors (Lipinski definition) is 0. The molecule has 2 aliphatic heterocycles. The van der Waals surface area contributed by atoms with E-state index in [1.807, 2.05) is 0 Å². The van der Waals surface area contributed by atoms with Gasteiger partial charge in [-0.15, -0.1) is 0 Å². The van der Waals surface area contributed by atoms with E-state index >= 15 is 0 Å². The highest BCUT2D eigenvalue weighted by atomic mass is 19.1. The highest BCUT2D eigenvalue weighted by Gasteiger charge is 2.42. The predicted octanol–water partition coefficient (Wildman–Crippen LogP) is 1.91. The lowest BCUT2D eigenvalue weighted by molar-refractivity contribution is -0.120. The molecular weight excluding hydrogens is 207 g/mol. The molecule has 2 bridgehead atoms. The van der Waals surface area contributed by atoms with Crippen molar-refractivity contribution in [1.29, 1.82) is 0 Å². The van der Waals surface area contributed by atoms with Crippen LogP contribution in [0.15, 0.2) is 18.8 Å². The Morgan fingerprint density at radius 1 is 1.50 bits per heavy atom. The average molecular weight is 218 g/mol. The van der Waals surface area contributed by atoms with Crippen LogP contribution in [0.5, 0.6) is 0 Å². The Bertz CT molecular complexity index is 486. The van der Waals surface area contributed by atoms with E-state index in [4.69, 9.17) is 0 Å². The highest BCUT2D eigenvalue weighted by molar-refractivity contribution is 5.76. The van der Waals surface area contributed by atoms with Crippen molar-refractivity contribution in [1.82, 2.24) is 9.88 Å². The van der Waals surface area contributed by atoms with Crippen LogP contribution in [0.2, 0.25) is 0 Å². The number of rotatable bonds is 1. The molecule has 82 valence electrons. The van der Waals surface area contributed by atoms with Crippen molar-refractivity contribution in [3.05, 3.63) is 35.9 Å². The molecule has 1 saturated heterocycles. The number of nitrogens with zero attached hydrogens (tertiary/aromatic N) is 2. The summed E-state index contributed by atoms with van der Waals surface area (Å²) in [6.07, 6.45) is 4.02. The second-order valence-electron chi connectivity index (χ2n) is 4.25. The van der Waals surface area contributed by atoms with E-state index in [9.17, 15) is 9.18 Å². The average Bonchev–Trinajstić information content (AvgIpc) is 2.64. The number of aromatic nitrogens is 1. The van der Waals surface area contributed by atoms with Gasteiger partial charge in [0.2, 0.25) is 12.4 Å². The summed E-state index contributed by atoms with van der Waals surface area (Å²) in [6.45, 7) is 3.91. The van der Waals surface area contributed by atoms with Crippen molar-refractivity contribution in [3.63, 3.8) is 0 Å². The monoisotopic (exact) mass is 218 g/mol. The number of pyridine rings is 1. The standard InChI is InChI=1S/C12H11FN2O/c1-7-9-2-3-10(15(9)6-16)8-4-5-14-12(13)11(7)8/h4-6,9-10H,1-3H2. The summed E-state index contributed by atoms with van der Waals surface area (Å²) in [5.41, 5.74) is 2.05. The number of carbonyl (C=O) groups is 1. The lowest BCUT2D eigenvalue weighted by Gasteiger charge is -2.34. The van der Waals surface area contributed by atoms with Gasteiger partial charge in [-0.2, -0.15) is 4.39 Å². The highest BCUT2D eigenvalue weighted by Crippen LogP contribution is 2.47. The van der Waals surface area contributed by atoms with Crippen molar-refractivity contribution < 1.29 is 9.18 Å². The predicted molar refractivity (Wildman–Crippen MR) is 56.9 cm³/mol. The molecule has 3 rings (SSSR count). The molecule has 3 nitrogen and oxygen atoms in total. The summed E-state index contributed by atoms with van der Waals surface area (Å²) in [7, 11) is 0. The van der Waals surface area contributed by atoms with Gasteiger partial charge in [-0.25, -0.2) is 4.98 Å². The van der Waals surface area contributed by atoms with Crippen LogP contribution in [-0.2, 0) is 4.79 Å². The van der Waals surface area contributed by atoms with Crippen LogP contribution < -0.4 is 0 Å². The van der Waals surface area contributed by atoms with Crippen molar-refractivity contribution >= 4 is 12.0 Å². The normalized spacial score (nSPS) is 26.8. The molecule has 2 atom stereocenters. The van der Waals surface area contributed by atoms with Crippen molar-refractivity contribution in [2.75, 3.05) is 0 Å². The first-order chi connectivity index (χ1) is 7.74. The first kappa shape index (κ1) is 9.51. The van der Waals surface area contributed by atoms with E-state index in [0.29, 0.717) is 11.1 Å². The van der Waals surface area contributed by atoms with Crippen LogP contribution in [-0.4, -0.2) is 22.3 Å². The number of carbonyl (C=O) groups excluding carboxylic acids is 1. The van der Waals surface area contributed by atoms with Crippen molar-refractivity contribution in [2.24, 2.45) is 0 Å². The van der Waals surface area contributed by atoms with Gasteiger partial charge in [0.05, 0.1) is 12.1 Å². The lowest BCUT2D eigenvalue weighted by Crippen LogP contribution is -2.35. The van der Waals surface area contributed by atoms with E-state index in [-0.39, 0.29) is 12.1 Å². The SMILES string of the molecule is C=C1c2c(ccnc2F)C2CCC1N2C=O.